The van der Waals surface area contributed by atoms with Crippen molar-refractivity contribution >= 4 is 17.3 Å². The highest BCUT2D eigenvalue weighted by molar-refractivity contribution is 7.13. The van der Waals surface area contributed by atoms with Crippen LogP contribution in [-0.2, 0) is 0 Å². The molecule has 6 nitrogen and oxygen atoms in total. The number of aryl methyl sites for hydroxylation is 1. The number of aromatic nitrogens is 1. The third-order valence-electron chi connectivity index (χ3n) is 3.91. The van der Waals surface area contributed by atoms with E-state index in [0.717, 1.165) is 16.9 Å². The zero-order valence-electron chi connectivity index (χ0n) is 15.7. The lowest BCUT2D eigenvalue weighted by atomic mass is 10.2. The first kappa shape index (κ1) is 19.7. The van der Waals surface area contributed by atoms with Gasteiger partial charge in [-0.05, 0) is 43.7 Å². The fourth-order valence-corrected chi connectivity index (χ4v) is 3.35. The molecule has 0 aliphatic heterocycles. The molecule has 146 valence electrons. The molecule has 0 fully saturated rings. The number of aromatic carboxylic acids is 1. The van der Waals surface area contributed by atoms with Crippen LogP contribution in [0.2, 0.25) is 0 Å². The normalized spacial score (nSPS) is 10.5. The largest absolute Gasteiger partial charge is 0.490 e. The van der Waals surface area contributed by atoms with Crippen LogP contribution in [0.5, 0.6) is 17.2 Å². The Balaban J connectivity index is 1.67. The maximum absolute atomic E-state index is 11.0. The quantitative estimate of drug-likeness (QED) is 0.527. The summed E-state index contributed by atoms with van der Waals surface area (Å²) in [7, 11) is 0. The summed E-state index contributed by atoms with van der Waals surface area (Å²) < 4.78 is 17.3. The fourth-order valence-electron chi connectivity index (χ4n) is 2.55. The number of hydrogen-bond donors (Lipinski definition) is 1. The highest BCUT2D eigenvalue weighted by atomic mass is 32.1. The van der Waals surface area contributed by atoms with Gasteiger partial charge in [-0.2, -0.15) is 0 Å². The van der Waals surface area contributed by atoms with Crippen molar-refractivity contribution in [3.05, 3.63) is 59.1 Å². The SMILES string of the molecule is CCOc1cc(-c2nc(C(=O)O)cs2)ccc1OCCOc1ccccc1C. The van der Waals surface area contributed by atoms with E-state index in [9.17, 15) is 4.79 Å². The summed E-state index contributed by atoms with van der Waals surface area (Å²) in [5.41, 5.74) is 1.89. The average Bonchev–Trinajstić information content (AvgIpc) is 3.18. The Morgan fingerprint density at radius 1 is 1.04 bits per heavy atom. The van der Waals surface area contributed by atoms with E-state index in [1.807, 2.05) is 50.2 Å². The van der Waals surface area contributed by atoms with E-state index in [0.29, 0.717) is 36.3 Å². The van der Waals surface area contributed by atoms with Crippen LogP contribution >= 0.6 is 11.3 Å². The Morgan fingerprint density at radius 3 is 2.46 bits per heavy atom. The summed E-state index contributed by atoms with van der Waals surface area (Å²) in [6.07, 6.45) is 0. The molecular formula is C21H21NO5S. The number of ether oxygens (including phenoxy) is 3. The summed E-state index contributed by atoms with van der Waals surface area (Å²) in [6, 6.07) is 13.3. The van der Waals surface area contributed by atoms with Crippen LogP contribution in [-0.4, -0.2) is 35.9 Å². The van der Waals surface area contributed by atoms with Crippen molar-refractivity contribution in [2.45, 2.75) is 13.8 Å². The summed E-state index contributed by atoms with van der Waals surface area (Å²) in [5.74, 6) is 0.989. The summed E-state index contributed by atoms with van der Waals surface area (Å²) in [6.45, 7) is 5.15. The molecule has 0 saturated heterocycles. The van der Waals surface area contributed by atoms with Gasteiger partial charge >= 0.3 is 5.97 Å². The molecule has 7 heteroatoms. The Bertz CT molecular complexity index is 953. The number of rotatable bonds is 9. The number of thiazole rings is 1. The summed E-state index contributed by atoms with van der Waals surface area (Å²) >= 11 is 1.28. The molecule has 1 aromatic heterocycles. The molecule has 0 aliphatic rings. The minimum atomic E-state index is -1.04. The van der Waals surface area contributed by atoms with Crippen molar-refractivity contribution in [3.8, 4) is 27.8 Å². The van der Waals surface area contributed by atoms with Gasteiger partial charge in [0.15, 0.2) is 17.2 Å². The van der Waals surface area contributed by atoms with Gasteiger partial charge in [-0.3, -0.25) is 0 Å². The first-order valence-electron chi connectivity index (χ1n) is 8.85. The molecule has 0 amide bonds. The number of hydrogen-bond acceptors (Lipinski definition) is 6. The van der Waals surface area contributed by atoms with Crippen molar-refractivity contribution < 1.29 is 24.1 Å². The van der Waals surface area contributed by atoms with Crippen molar-refractivity contribution in [3.63, 3.8) is 0 Å². The van der Waals surface area contributed by atoms with Crippen molar-refractivity contribution in [1.82, 2.24) is 4.98 Å². The third-order valence-corrected chi connectivity index (χ3v) is 4.80. The maximum Gasteiger partial charge on any atom is 0.355 e. The molecule has 0 atom stereocenters. The van der Waals surface area contributed by atoms with Gasteiger partial charge < -0.3 is 19.3 Å². The number of carboxylic acid groups (broad SMARTS) is 1. The lowest BCUT2D eigenvalue weighted by Gasteiger charge is -2.14. The monoisotopic (exact) mass is 399 g/mol. The second kappa shape index (κ2) is 9.23. The van der Waals surface area contributed by atoms with Crippen LogP contribution in [0.1, 0.15) is 23.0 Å². The van der Waals surface area contributed by atoms with E-state index < -0.39 is 5.97 Å². The maximum atomic E-state index is 11.0. The molecule has 0 bridgehead atoms. The molecule has 0 spiro atoms. The van der Waals surface area contributed by atoms with Crippen molar-refractivity contribution in [2.75, 3.05) is 19.8 Å². The third kappa shape index (κ3) is 4.80. The minimum absolute atomic E-state index is 0.0339. The smallest absolute Gasteiger partial charge is 0.355 e. The number of carbonyl (C=O) groups is 1. The van der Waals surface area contributed by atoms with E-state index in [4.69, 9.17) is 19.3 Å². The van der Waals surface area contributed by atoms with E-state index >= 15 is 0 Å². The van der Waals surface area contributed by atoms with Crippen LogP contribution < -0.4 is 14.2 Å². The van der Waals surface area contributed by atoms with Gasteiger partial charge in [0.25, 0.3) is 0 Å². The Morgan fingerprint density at radius 2 is 1.79 bits per heavy atom. The molecule has 0 aliphatic carbocycles. The predicted octanol–water partition coefficient (Wildman–Crippen LogP) is 4.67. The topological polar surface area (TPSA) is 77.9 Å². The molecule has 0 unspecified atom stereocenters. The molecule has 28 heavy (non-hydrogen) atoms. The number of nitrogens with zero attached hydrogens (tertiary/aromatic N) is 1. The summed E-state index contributed by atoms with van der Waals surface area (Å²) in [4.78, 5) is 15.2. The van der Waals surface area contributed by atoms with Gasteiger partial charge in [0.2, 0.25) is 0 Å². The van der Waals surface area contributed by atoms with E-state index in [1.54, 1.807) is 6.07 Å². The van der Waals surface area contributed by atoms with Crippen LogP contribution in [0.4, 0.5) is 0 Å². The molecule has 3 aromatic rings. The highest BCUT2D eigenvalue weighted by Gasteiger charge is 2.13. The van der Waals surface area contributed by atoms with Gasteiger partial charge in [0.05, 0.1) is 6.61 Å². The van der Waals surface area contributed by atoms with Crippen LogP contribution in [0.3, 0.4) is 0 Å². The van der Waals surface area contributed by atoms with Gasteiger partial charge in [-0.15, -0.1) is 11.3 Å². The first-order valence-corrected chi connectivity index (χ1v) is 9.73. The molecule has 0 radical (unpaired) electrons. The second-order valence-corrected chi connectivity index (χ2v) is 6.76. The standard InChI is InChI=1S/C21H21NO5S/c1-3-25-19-12-15(20-22-16(13-28-20)21(23)24)8-9-18(19)27-11-10-26-17-7-5-4-6-14(17)2/h4-9,12-13H,3,10-11H2,1-2H3,(H,23,24). The molecule has 1 N–H and O–H groups in total. The zero-order chi connectivity index (χ0) is 19.9. The van der Waals surface area contributed by atoms with Crippen molar-refractivity contribution in [2.24, 2.45) is 0 Å². The molecule has 1 heterocycles. The minimum Gasteiger partial charge on any atom is -0.490 e. The Kier molecular flexibility index (Phi) is 6.49. The molecule has 2 aromatic carbocycles. The average molecular weight is 399 g/mol. The molecule has 3 rings (SSSR count). The zero-order valence-corrected chi connectivity index (χ0v) is 16.5. The van der Waals surface area contributed by atoms with Gasteiger partial charge in [-0.25, -0.2) is 9.78 Å². The Hall–Kier alpha value is -3.06. The Labute approximate surface area is 167 Å². The van der Waals surface area contributed by atoms with Gasteiger partial charge in [0, 0.05) is 10.9 Å². The van der Waals surface area contributed by atoms with Crippen LogP contribution in [0.15, 0.2) is 47.8 Å². The van der Waals surface area contributed by atoms with E-state index in [2.05, 4.69) is 4.98 Å². The lowest BCUT2D eigenvalue weighted by Crippen LogP contribution is -2.10. The second-order valence-electron chi connectivity index (χ2n) is 5.90. The highest BCUT2D eigenvalue weighted by Crippen LogP contribution is 2.34. The molecular weight excluding hydrogens is 378 g/mol. The van der Waals surface area contributed by atoms with Crippen LogP contribution in [0, 0.1) is 6.92 Å². The number of carboxylic acids is 1. The first-order chi connectivity index (χ1) is 13.6. The predicted molar refractivity (Wildman–Crippen MR) is 108 cm³/mol. The van der Waals surface area contributed by atoms with Gasteiger partial charge in [-0.1, -0.05) is 18.2 Å². The molecule has 0 saturated carbocycles. The number of para-hydroxylation sites is 1. The van der Waals surface area contributed by atoms with Gasteiger partial charge in [0.1, 0.15) is 24.0 Å². The summed E-state index contributed by atoms with van der Waals surface area (Å²) in [5, 5.41) is 11.2. The van der Waals surface area contributed by atoms with Crippen molar-refractivity contribution in [1.29, 1.82) is 0 Å². The van der Waals surface area contributed by atoms with E-state index in [1.165, 1.54) is 16.7 Å². The van der Waals surface area contributed by atoms with Crippen LogP contribution in [0.25, 0.3) is 10.6 Å². The fraction of sp³-hybridized carbons (Fsp3) is 0.238. The van der Waals surface area contributed by atoms with E-state index in [-0.39, 0.29) is 5.69 Å². The lowest BCUT2D eigenvalue weighted by molar-refractivity contribution is 0.0691. The number of benzene rings is 2.